The first-order chi connectivity index (χ1) is 17.7. The monoisotopic (exact) mass is 527 g/mol. The Morgan fingerprint density at radius 1 is 1.14 bits per heavy atom. The summed E-state index contributed by atoms with van der Waals surface area (Å²) < 4.78 is 44.4. The number of hydrogen-bond acceptors (Lipinski definition) is 7. The lowest BCUT2D eigenvalue weighted by molar-refractivity contribution is -0.141. The molecule has 0 radical (unpaired) electrons. The van der Waals surface area contributed by atoms with Crippen LogP contribution in [-0.4, -0.2) is 47.1 Å². The SMILES string of the molecule is CNC(=O)c1ccc(Nc2nccn3c(-c4cn(Cc5ccncn5)nc4C(F)(F)F)cnc23)cc1Cl. The van der Waals surface area contributed by atoms with Crippen LogP contribution in [0.15, 0.2) is 61.6 Å². The highest BCUT2D eigenvalue weighted by Gasteiger charge is 2.38. The number of imidazole rings is 1. The molecular weight excluding hydrogens is 511 g/mol. The van der Waals surface area contributed by atoms with Gasteiger partial charge in [-0.25, -0.2) is 19.9 Å². The van der Waals surface area contributed by atoms with Gasteiger partial charge < -0.3 is 10.6 Å². The first-order valence-corrected chi connectivity index (χ1v) is 11.1. The number of benzene rings is 1. The van der Waals surface area contributed by atoms with E-state index in [0.29, 0.717) is 16.9 Å². The van der Waals surface area contributed by atoms with Gasteiger partial charge in [0.15, 0.2) is 17.2 Å². The number of rotatable bonds is 6. The zero-order chi connectivity index (χ0) is 26.2. The van der Waals surface area contributed by atoms with Gasteiger partial charge in [-0.3, -0.25) is 13.9 Å². The predicted molar refractivity (Wildman–Crippen MR) is 128 cm³/mol. The second-order valence-corrected chi connectivity index (χ2v) is 8.21. The number of nitrogens with zero attached hydrogens (tertiary/aromatic N) is 7. The summed E-state index contributed by atoms with van der Waals surface area (Å²) in [5.74, 6) is -0.0603. The highest BCUT2D eigenvalue weighted by Crippen LogP contribution is 2.37. The molecule has 14 heteroatoms. The average Bonchev–Trinajstić information content (AvgIpc) is 3.49. The number of carbonyl (C=O) groups is 1. The number of hydrogen-bond donors (Lipinski definition) is 2. The van der Waals surface area contributed by atoms with Gasteiger partial charge in [0, 0.05) is 37.5 Å². The standard InChI is InChI=1S/C23H17ClF3N9O/c1-28-22(37)15-3-2-13(8-17(15)24)33-20-21-31-9-18(36(21)7-6-30-20)16-11-35(34-19(16)23(25,26)27)10-14-4-5-29-12-32-14/h2-9,11-12H,10H2,1H3,(H,28,37)(H,30,33). The van der Waals surface area contributed by atoms with Crippen molar-refractivity contribution in [1.82, 2.24) is 39.4 Å². The molecule has 0 spiro atoms. The van der Waals surface area contributed by atoms with Gasteiger partial charge in [-0.05, 0) is 24.3 Å². The van der Waals surface area contributed by atoms with E-state index in [1.165, 1.54) is 53.4 Å². The van der Waals surface area contributed by atoms with Crippen molar-refractivity contribution in [2.45, 2.75) is 12.7 Å². The van der Waals surface area contributed by atoms with Gasteiger partial charge in [-0.15, -0.1) is 0 Å². The van der Waals surface area contributed by atoms with Crippen molar-refractivity contribution >= 4 is 34.7 Å². The summed E-state index contributed by atoms with van der Waals surface area (Å²) in [6.07, 6.45) is 3.68. The number of aromatic nitrogens is 7. The van der Waals surface area contributed by atoms with Crippen LogP contribution >= 0.6 is 11.6 Å². The Balaban J connectivity index is 1.52. The van der Waals surface area contributed by atoms with Crippen molar-refractivity contribution in [2.24, 2.45) is 0 Å². The van der Waals surface area contributed by atoms with Crippen LogP contribution < -0.4 is 10.6 Å². The second kappa shape index (κ2) is 9.50. The van der Waals surface area contributed by atoms with Crippen molar-refractivity contribution in [3.8, 4) is 11.3 Å². The quantitative estimate of drug-likeness (QED) is 0.340. The van der Waals surface area contributed by atoms with E-state index < -0.39 is 11.9 Å². The minimum absolute atomic E-state index is 0.0313. The smallest absolute Gasteiger partial charge is 0.355 e. The van der Waals surface area contributed by atoms with Gasteiger partial charge >= 0.3 is 6.18 Å². The Morgan fingerprint density at radius 2 is 1.97 bits per heavy atom. The number of nitrogens with one attached hydrogen (secondary N) is 2. The van der Waals surface area contributed by atoms with Crippen LogP contribution in [0.1, 0.15) is 21.7 Å². The molecule has 4 heterocycles. The van der Waals surface area contributed by atoms with Crippen LogP contribution in [0.3, 0.4) is 0 Å². The van der Waals surface area contributed by atoms with Crippen molar-refractivity contribution in [3.05, 3.63) is 83.6 Å². The summed E-state index contributed by atoms with van der Waals surface area (Å²) in [5.41, 5.74) is 0.567. The molecule has 37 heavy (non-hydrogen) atoms. The maximum Gasteiger partial charge on any atom is 0.435 e. The molecule has 0 bridgehead atoms. The number of halogens is 4. The summed E-state index contributed by atoms with van der Waals surface area (Å²) >= 11 is 6.23. The van der Waals surface area contributed by atoms with Gasteiger partial charge in [-0.1, -0.05) is 11.6 Å². The third-order valence-corrected chi connectivity index (χ3v) is 5.72. The van der Waals surface area contributed by atoms with Gasteiger partial charge in [0.25, 0.3) is 5.91 Å². The molecule has 0 atom stereocenters. The second-order valence-electron chi connectivity index (χ2n) is 7.80. The number of carbonyl (C=O) groups excluding carboxylic acids is 1. The molecule has 188 valence electrons. The molecule has 0 aliphatic heterocycles. The minimum Gasteiger partial charge on any atom is -0.355 e. The number of amides is 1. The van der Waals surface area contributed by atoms with Crippen LogP contribution in [0, 0.1) is 0 Å². The van der Waals surface area contributed by atoms with E-state index in [2.05, 4.69) is 35.7 Å². The summed E-state index contributed by atoms with van der Waals surface area (Å²) in [5, 5.41) is 9.55. The Bertz CT molecular complexity index is 1600. The van der Waals surface area contributed by atoms with E-state index in [1.54, 1.807) is 24.3 Å². The number of alkyl halides is 3. The van der Waals surface area contributed by atoms with Crippen molar-refractivity contribution < 1.29 is 18.0 Å². The maximum absolute atomic E-state index is 13.9. The third kappa shape index (κ3) is 4.80. The molecule has 0 aliphatic rings. The Morgan fingerprint density at radius 3 is 2.68 bits per heavy atom. The Kier molecular flexibility index (Phi) is 6.21. The van der Waals surface area contributed by atoms with Gasteiger partial charge in [0.2, 0.25) is 0 Å². The third-order valence-electron chi connectivity index (χ3n) is 5.40. The molecule has 0 unspecified atom stereocenters. The Labute approximate surface area is 212 Å². The maximum atomic E-state index is 13.9. The first-order valence-electron chi connectivity index (χ1n) is 10.7. The molecule has 0 fully saturated rings. The van der Waals surface area contributed by atoms with Gasteiger partial charge in [0.05, 0.1) is 40.3 Å². The highest BCUT2D eigenvalue weighted by molar-refractivity contribution is 6.34. The zero-order valence-corrected chi connectivity index (χ0v) is 19.8. The van der Waals surface area contributed by atoms with Crippen LogP contribution in [0.4, 0.5) is 24.7 Å². The zero-order valence-electron chi connectivity index (χ0n) is 19.0. The first kappa shape index (κ1) is 24.2. The van der Waals surface area contributed by atoms with Crippen molar-refractivity contribution in [1.29, 1.82) is 0 Å². The van der Waals surface area contributed by atoms with Gasteiger partial charge in [-0.2, -0.15) is 18.3 Å². The molecule has 0 aliphatic carbocycles. The molecule has 10 nitrogen and oxygen atoms in total. The van der Waals surface area contributed by atoms with E-state index in [9.17, 15) is 18.0 Å². The minimum atomic E-state index is -4.70. The van der Waals surface area contributed by atoms with Gasteiger partial charge in [0.1, 0.15) is 6.33 Å². The predicted octanol–water partition coefficient (Wildman–Crippen LogP) is 4.21. The summed E-state index contributed by atoms with van der Waals surface area (Å²) in [7, 11) is 1.50. The summed E-state index contributed by atoms with van der Waals surface area (Å²) in [4.78, 5) is 28.3. The van der Waals surface area contributed by atoms with Crippen LogP contribution in [0.25, 0.3) is 16.9 Å². The summed E-state index contributed by atoms with van der Waals surface area (Å²) in [6.45, 7) is 0.0313. The lowest BCUT2D eigenvalue weighted by Crippen LogP contribution is -2.18. The molecule has 1 aromatic carbocycles. The fourth-order valence-electron chi connectivity index (χ4n) is 3.73. The molecular formula is C23H17ClF3N9O. The Hall–Kier alpha value is -4.52. The molecule has 1 amide bonds. The molecule has 0 saturated carbocycles. The van der Waals surface area contributed by atoms with E-state index in [-0.39, 0.29) is 40.2 Å². The van der Waals surface area contributed by atoms with Crippen LogP contribution in [-0.2, 0) is 12.7 Å². The average molecular weight is 528 g/mol. The topological polar surface area (TPSA) is 115 Å². The van der Waals surface area contributed by atoms with Crippen molar-refractivity contribution in [3.63, 3.8) is 0 Å². The van der Waals surface area contributed by atoms with E-state index >= 15 is 0 Å². The molecule has 5 aromatic rings. The molecule has 4 aromatic heterocycles. The molecule has 2 N–H and O–H groups in total. The lowest BCUT2D eigenvalue weighted by Gasteiger charge is -2.10. The normalized spacial score (nSPS) is 11.6. The molecule has 0 saturated heterocycles. The van der Waals surface area contributed by atoms with E-state index in [4.69, 9.17) is 11.6 Å². The highest BCUT2D eigenvalue weighted by atomic mass is 35.5. The fourth-order valence-corrected chi connectivity index (χ4v) is 4.00. The fraction of sp³-hybridized carbons (Fsp3) is 0.130. The van der Waals surface area contributed by atoms with E-state index in [1.807, 2.05) is 0 Å². The van der Waals surface area contributed by atoms with E-state index in [0.717, 1.165) is 0 Å². The van der Waals surface area contributed by atoms with Crippen molar-refractivity contribution in [2.75, 3.05) is 12.4 Å². The van der Waals surface area contributed by atoms with Crippen LogP contribution in [0.2, 0.25) is 5.02 Å². The summed E-state index contributed by atoms with van der Waals surface area (Å²) in [6, 6.07) is 6.31. The largest absolute Gasteiger partial charge is 0.435 e. The number of fused-ring (bicyclic) bond motifs is 1. The molecule has 5 rings (SSSR count). The van der Waals surface area contributed by atoms with Crippen LogP contribution in [0.5, 0.6) is 0 Å². The lowest BCUT2D eigenvalue weighted by atomic mass is 10.2. The number of anilines is 2.